The number of hydrogen-bond acceptors (Lipinski definition) is 5. The summed E-state index contributed by atoms with van der Waals surface area (Å²) < 4.78 is 5.68. The van der Waals surface area contributed by atoms with Crippen molar-refractivity contribution < 1.29 is 14.3 Å². The fraction of sp³-hybridized carbons (Fsp3) is 0.370. The smallest absolute Gasteiger partial charge is 0.259 e. The minimum atomic E-state index is -0.275. The SMILES string of the molecule is CCOc1ccccc1NC(=O)c1c(NC(=O)c2cccnc2)sc2c1CCC(C(C)(C)C)C2. The molecule has 0 saturated carbocycles. The quantitative estimate of drug-likeness (QED) is 0.443. The highest BCUT2D eigenvalue weighted by atomic mass is 32.1. The van der Waals surface area contributed by atoms with Crippen molar-refractivity contribution in [3.05, 3.63) is 70.4 Å². The predicted octanol–water partition coefficient (Wildman–Crippen LogP) is 6.20. The van der Waals surface area contributed by atoms with E-state index >= 15 is 0 Å². The molecule has 1 aliphatic carbocycles. The summed E-state index contributed by atoms with van der Waals surface area (Å²) >= 11 is 1.51. The van der Waals surface area contributed by atoms with E-state index in [9.17, 15) is 9.59 Å². The van der Waals surface area contributed by atoms with Crippen LogP contribution in [-0.4, -0.2) is 23.4 Å². The first-order chi connectivity index (χ1) is 16.3. The second-order valence-electron chi connectivity index (χ2n) is 9.59. The van der Waals surface area contributed by atoms with Gasteiger partial charge < -0.3 is 15.4 Å². The molecule has 0 radical (unpaired) electrons. The first kappa shape index (κ1) is 24.0. The van der Waals surface area contributed by atoms with Gasteiger partial charge in [0.25, 0.3) is 11.8 Å². The van der Waals surface area contributed by atoms with Crippen LogP contribution in [0.25, 0.3) is 0 Å². The Morgan fingerprint density at radius 1 is 1.12 bits per heavy atom. The first-order valence-corrected chi connectivity index (χ1v) is 12.5. The topological polar surface area (TPSA) is 80.3 Å². The summed E-state index contributed by atoms with van der Waals surface area (Å²) in [5, 5.41) is 6.60. The van der Waals surface area contributed by atoms with E-state index in [1.165, 1.54) is 22.4 Å². The molecule has 4 rings (SSSR count). The third-order valence-electron chi connectivity index (χ3n) is 6.30. The Morgan fingerprint density at radius 2 is 1.91 bits per heavy atom. The van der Waals surface area contributed by atoms with Crippen LogP contribution in [0.5, 0.6) is 5.75 Å². The second-order valence-corrected chi connectivity index (χ2v) is 10.7. The summed E-state index contributed by atoms with van der Waals surface area (Å²) in [4.78, 5) is 31.7. The van der Waals surface area contributed by atoms with Gasteiger partial charge >= 0.3 is 0 Å². The minimum Gasteiger partial charge on any atom is -0.492 e. The number of para-hydroxylation sites is 2. The van der Waals surface area contributed by atoms with E-state index in [0.29, 0.717) is 40.1 Å². The molecule has 2 N–H and O–H groups in total. The van der Waals surface area contributed by atoms with Crippen molar-refractivity contribution >= 4 is 33.8 Å². The zero-order valence-corrected chi connectivity index (χ0v) is 20.9. The Morgan fingerprint density at radius 3 is 2.62 bits per heavy atom. The minimum absolute atomic E-state index is 0.180. The number of ether oxygens (including phenoxy) is 1. The van der Waals surface area contributed by atoms with Crippen molar-refractivity contribution in [2.75, 3.05) is 17.2 Å². The average molecular weight is 478 g/mol. The number of aromatic nitrogens is 1. The highest BCUT2D eigenvalue weighted by Crippen LogP contribution is 2.44. The maximum absolute atomic E-state index is 13.6. The van der Waals surface area contributed by atoms with Gasteiger partial charge in [-0.2, -0.15) is 0 Å². The van der Waals surface area contributed by atoms with Gasteiger partial charge in [0.15, 0.2) is 0 Å². The maximum Gasteiger partial charge on any atom is 0.259 e. The van der Waals surface area contributed by atoms with Crippen LogP contribution in [-0.2, 0) is 12.8 Å². The molecule has 2 aromatic heterocycles. The number of amides is 2. The molecule has 3 aromatic rings. The van der Waals surface area contributed by atoms with Crippen LogP contribution in [0.15, 0.2) is 48.8 Å². The van der Waals surface area contributed by atoms with Crippen LogP contribution >= 0.6 is 11.3 Å². The molecule has 1 atom stereocenters. The summed E-state index contributed by atoms with van der Waals surface area (Å²) in [6, 6.07) is 10.8. The van der Waals surface area contributed by atoms with Gasteiger partial charge in [-0.3, -0.25) is 14.6 Å². The Labute approximate surface area is 204 Å². The number of thiophene rings is 1. The molecule has 0 spiro atoms. The molecule has 178 valence electrons. The van der Waals surface area contributed by atoms with Crippen molar-refractivity contribution in [2.24, 2.45) is 11.3 Å². The lowest BCUT2D eigenvalue weighted by Gasteiger charge is -2.33. The molecule has 1 aromatic carbocycles. The van der Waals surface area contributed by atoms with Gasteiger partial charge in [-0.15, -0.1) is 11.3 Å². The summed E-state index contributed by atoms with van der Waals surface area (Å²) in [5.41, 5.74) is 2.84. The lowest BCUT2D eigenvalue weighted by Crippen LogP contribution is -2.27. The zero-order chi connectivity index (χ0) is 24.3. The van der Waals surface area contributed by atoms with E-state index in [1.54, 1.807) is 18.3 Å². The summed E-state index contributed by atoms with van der Waals surface area (Å²) in [5.74, 6) is 0.634. The number of rotatable bonds is 6. The highest BCUT2D eigenvalue weighted by Gasteiger charge is 2.34. The molecular formula is C27H31N3O3S. The predicted molar refractivity (Wildman–Crippen MR) is 137 cm³/mol. The molecule has 1 unspecified atom stereocenters. The van der Waals surface area contributed by atoms with Gasteiger partial charge in [-0.05, 0) is 67.3 Å². The number of pyridine rings is 1. The number of benzene rings is 1. The molecule has 6 nitrogen and oxygen atoms in total. The Bertz CT molecular complexity index is 1180. The number of nitrogens with zero attached hydrogens (tertiary/aromatic N) is 1. The van der Waals surface area contributed by atoms with E-state index in [2.05, 4.69) is 36.4 Å². The van der Waals surface area contributed by atoms with Crippen LogP contribution in [0.2, 0.25) is 0 Å². The molecule has 0 saturated heterocycles. The van der Waals surface area contributed by atoms with Crippen molar-refractivity contribution in [3.63, 3.8) is 0 Å². The van der Waals surface area contributed by atoms with E-state index < -0.39 is 0 Å². The first-order valence-electron chi connectivity index (χ1n) is 11.7. The van der Waals surface area contributed by atoms with Crippen LogP contribution < -0.4 is 15.4 Å². The normalized spacial score (nSPS) is 15.4. The van der Waals surface area contributed by atoms with Gasteiger partial charge in [0.1, 0.15) is 10.8 Å². The van der Waals surface area contributed by atoms with Crippen molar-refractivity contribution in [2.45, 2.75) is 47.0 Å². The molecule has 2 amide bonds. The number of nitrogens with one attached hydrogen (secondary N) is 2. The molecular weight excluding hydrogens is 446 g/mol. The van der Waals surface area contributed by atoms with Crippen LogP contribution in [0.1, 0.15) is 65.3 Å². The van der Waals surface area contributed by atoms with Gasteiger partial charge in [0, 0.05) is 17.3 Å². The zero-order valence-electron chi connectivity index (χ0n) is 20.1. The van der Waals surface area contributed by atoms with Crippen molar-refractivity contribution in [3.8, 4) is 5.75 Å². The fourth-order valence-electron chi connectivity index (χ4n) is 4.36. The van der Waals surface area contributed by atoms with E-state index in [1.807, 2.05) is 31.2 Å². The van der Waals surface area contributed by atoms with E-state index in [0.717, 1.165) is 24.8 Å². The number of carbonyl (C=O) groups is 2. The lowest BCUT2D eigenvalue weighted by molar-refractivity contribution is 0.102. The third kappa shape index (κ3) is 5.14. The largest absolute Gasteiger partial charge is 0.492 e. The number of anilines is 2. The molecule has 0 aliphatic heterocycles. The number of hydrogen-bond donors (Lipinski definition) is 2. The van der Waals surface area contributed by atoms with Gasteiger partial charge in [0.05, 0.1) is 23.4 Å². The summed E-state index contributed by atoms with van der Waals surface area (Å²) in [6.45, 7) is 9.20. The molecule has 0 fully saturated rings. The fourth-order valence-corrected chi connectivity index (χ4v) is 5.68. The molecule has 7 heteroatoms. The summed E-state index contributed by atoms with van der Waals surface area (Å²) in [7, 11) is 0. The monoisotopic (exact) mass is 477 g/mol. The van der Waals surface area contributed by atoms with Crippen LogP contribution in [0.3, 0.4) is 0 Å². The number of fused-ring (bicyclic) bond motifs is 1. The van der Waals surface area contributed by atoms with Crippen molar-refractivity contribution in [1.82, 2.24) is 4.98 Å². The van der Waals surface area contributed by atoms with Gasteiger partial charge in [-0.1, -0.05) is 32.9 Å². The standard InChI is InChI=1S/C27H31N3O3S/c1-5-33-21-11-7-6-10-20(21)29-25(32)23-19-13-12-18(27(2,3)4)15-22(19)34-26(23)30-24(31)17-9-8-14-28-16-17/h6-11,14,16,18H,5,12-13,15H2,1-4H3,(H,29,32)(H,30,31). The average Bonchev–Trinajstić information content (AvgIpc) is 3.17. The maximum atomic E-state index is 13.6. The second kappa shape index (κ2) is 9.97. The molecule has 34 heavy (non-hydrogen) atoms. The van der Waals surface area contributed by atoms with Crippen molar-refractivity contribution in [1.29, 1.82) is 0 Å². The molecule has 1 aliphatic rings. The molecule has 2 heterocycles. The van der Waals surface area contributed by atoms with Gasteiger partial charge in [-0.25, -0.2) is 0 Å². The van der Waals surface area contributed by atoms with E-state index in [4.69, 9.17) is 4.74 Å². The number of carbonyl (C=O) groups excluding carboxylic acids is 2. The third-order valence-corrected chi connectivity index (χ3v) is 7.47. The van der Waals surface area contributed by atoms with Crippen LogP contribution in [0, 0.1) is 11.3 Å². The van der Waals surface area contributed by atoms with Crippen LogP contribution in [0.4, 0.5) is 10.7 Å². The van der Waals surface area contributed by atoms with Gasteiger partial charge in [0.2, 0.25) is 0 Å². The summed E-state index contributed by atoms with van der Waals surface area (Å²) in [6.07, 6.45) is 5.88. The lowest BCUT2D eigenvalue weighted by atomic mass is 9.72. The Balaban J connectivity index is 1.69. The Hall–Kier alpha value is -3.19. The highest BCUT2D eigenvalue weighted by molar-refractivity contribution is 7.17. The molecule has 0 bridgehead atoms. The van der Waals surface area contributed by atoms with E-state index in [-0.39, 0.29) is 17.2 Å². The Kier molecular flexibility index (Phi) is 7.03.